The van der Waals surface area contributed by atoms with E-state index in [1.807, 2.05) is 0 Å². The first-order valence-corrected chi connectivity index (χ1v) is 6.51. The van der Waals surface area contributed by atoms with Crippen LogP contribution in [0.4, 0.5) is 0 Å². The lowest BCUT2D eigenvalue weighted by Crippen LogP contribution is -2.36. The molecule has 1 aromatic rings. The van der Waals surface area contributed by atoms with Crippen LogP contribution in [0.5, 0.6) is 0 Å². The Labute approximate surface area is 109 Å². The van der Waals surface area contributed by atoms with E-state index in [1.165, 1.54) is 25.4 Å². The zero-order chi connectivity index (χ0) is 13.3. The van der Waals surface area contributed by atoms with Gasteiger partial charge in [-0.15, -0.1) is 11.3 Å². The molecule has 0 atom stereocenters. The quantitative estimate of drug-likeness (QED) is 0.619. The number of ketones is 1. The van der Waals surface area contributed by atoms with Crippen LogP contribution in [0.1, 0.15) is 51.4 Å². The number of carbonyl (C=O) groups excluding carboxylic acids is 2. The summed E-state index contributed by atoms with van der Waals surface area (Å²) in [4.78, 5) is 27.8. The minimum atomic E-state index is -0.576. The van der Waals surface area contributed by atoms with Crippen LogP contribution >= 0.6 is 11.3 Å². The first-order valence-electron chi connectivity index (χ1n) is 5.70. The molecule has 1 aromatic heterocycles. The first kappa shape index (κ1) is 13.2. The van der Waals surface area contributed by atoms with E-state index in [4.69, 9.17) is 4.74 Å². The van der Waals surface area contributed by atoms with Crippen molar-refractivity contribution in [3.8, 4) is 0 Å². The molecule has 0 aromatic carbocycles. The van der Waals surface area contributed by atoms with Crippen LogP contribution in [-0.4, -0.2) is 31.0 Å². The Hall–Kier alpha value is -1.27. The van der Waals surface area contributed by atoms with E-state index in [1.54, 1.807) is 7.11 Å². The van der Waals surface area contributed by atoms with Crippen molar-refractivity contribution in [2.75, 3.05) is 14.2 Å². The maximum absolute atomic E-state index is 11.6. The Morgan fingerprint density at radius 1 is 1.33 bits per heavy atom. The third-order valence-electron chi connectivity index (χ3n) is 3.27. The van der Waals surface area contributed by atoms with E-state index >= 15 is 0 Å². The fourth-order valence-corrected chi connectivity index (χ4v) is 3.16. The molecule has 0 saturated heterocycles. The maximum atomic E-state index is 11.6. The van der Waals surface area contributed by atoms with Crippen LogP contribution in [0, 0.1) is 0 Å². The number of methoxy groups -OCH3 is 2. The number of carbonyl (C=O) groups is 2. The van der Waals surface area contributed by atoms with Gasteiger partial charge in [0.05, 0.1) is 7.11 Å². The van der Waals surface area contributed by atoms with E-state index in [-0.39, 0.29) is 11.5 Å². The molecular weight excluding hydrogens is 254 g/mol. The van der Waals surface area contributed by atoms with E-state index < -0.39 is 11.6 Å². The summed E-state index contributed by atoms with van der Waals surface area (Å²) < 4.78 is 10.2. The normalized spacial score (nSPS) is 17.1. The van der Waals surface area contributed by atoms with Crippen molar-refractivity contribution in [3.05, 3.63) is 15.6 Å². The molecule has 2 rings (SSSR count). The summed E-state index contributed by atoms with van der Waals surface area (Å²) in [5.74, 6) is -0.752. The second kappa shape index (κ2) is 4.78. The van der Waals surface area contributed by atoms with Gasteiger partial charge in [0, 0.05) is 14.0 Å². The van der Waals surface area contributed by atoms with Gasteiger partial charge in [-0.3, -0.25) is 4.79 Å². The van der Waals surface area contributed by atoms with E-state index in [2.05, 4.69) is 9.72 Å². The molecule has 0 radical (unpaired) electrons. The third kappa shape index (κ3) is 1.95. The average Bonchev–Trinajstić information content (AvgIpc) is 2.73. The minimum Gasteiger partial charge on any atom is -0.464 e. The number of hydrogen-bond donors (Lipinski definition) is 0. The predicted octanol–water partition coefficient (Wildman–Crippen LogP) is 2.16. The van der Waals surface area contributed by atoms with Crippen molar-refractivity contribution < 1.29 is 19.1 Å². The zero-order valence-corrected chi connectivity index (χ0v) is 11.4. The number of rotatable bonds is 4. The summed E-state index contributed by atoms with van der Waals surface area (Å²) >= 11 is 1.23. The number of esters is 1. The highest BCUT2D eigenvalue weighted by molar-refractivity contribution is 7.14. The fourth-order valence-electron chi connectivity index (χ4n) is 1.99. The van der Waals surface area contributed by atoms with E-state index in [0.29, 0.717) is 9.88 Å². The average molecular weight is 269 g/mol. The largest absolute Gasteiger partial charge is 0.464 e. The second-order valence-electron chi connectivity index (χ2n) is 4.30. The van der Waals surface area contributed by atoms with Crippen molar-refractivity contribution in [2.24, 2.45) is 0 Å². The SMILES string of the molecule is COC(=O)c1nc(C2(OC)CCC2)sc1C(C)=O. The highest BCUT2D eigenvalue weighted by atomic mass is 32.1. The predicted molar refractivity (Wildman–Crippen MR) is 66.0 cm³/mol. The van der Waals surface area contributed by atoms with Gasteiger partial charge in [-0.1, -0.05) is 0 Å². The summed E-state index contributed by atoms with van der Waals surface area (Å²) in [6.07, 6.45) is 2.81. The molecule has 0 bridgehead atoms. The molecule has 1 heterocycles. The molecule has 1 aliphatic rings. The highest BCUT2D eigenvalue weighted by Crippen LogP contribution is 2.46. The van der Waals surface area contributed by atoms with Gasteiger partial charge in [0.25, 0.3) is 0 Å². The van der Waals surface area contributed by atoms with Gasteiger partial charge >= 0.3 is 5.97 Å². The summed E-state index contributed by atoms with van der Waals surface area (Å²) in [6.45, 7) is 1.42. The molecule has 0 N–H and O–H groups in total. The Morgan fingerprint density at radius 3 is 2.39 bits per heavy atom. The molecule has 5 nitrogen and oxygen atoms in total. The van der Waals surface area contributed by atoms with Gasteiger partial charge in [-0.05, 0) is 19.3 Å². The maximum Gasteiger partial charge on any atom is 0.358 e. The molecule has 1 saturated carbocycles. The third-order valence-corrected chi connectivity index (χ3v) is 4.61. The Bertz CT molecular complexity index is 485. The van der Waals surface area contributed by atoms with Crippen LogP contribution < -0.4 is 0 Å². The van der Waals surface area contributed by atoms with Gasteiger partial charge in [0.2, 0.25) is 0 Å². The monoisotopic (exact) mass is 269 g/mol. The van der Waals surface area contributed by atoms with Crippen molar-refractivity contribution in [3.63, 3.8) is 0 Å². The van der Waals surface area contributed by atoms with Crippen LogP contribution in [0.15, 0.2) is 0 Å². The molecule has 0 spiro atoms. The lowest BCUT2D eigenvalue weighted by molar-refractivity contribution is -0.0780. The summed E-state index contributed by atoms with van der Waals surface area (Å²) in [5.41, 5.74) is -0.311. The molecule has 0 unspecified atom stereocenters. The summed E-state index contributed by atoms with van der Waals surface area (Å²) in [6, 6.07) is 0. The molecular formula is C12H15NO4S. The molecule has 98 valence electrons. The Morgan fingerprint density at radius 2 is 2.00 bits per heavy atom. The first-order chi connectivity index (χ1) is 8.54. The van der Waals surface area contributed by atoms with Crippen molar-refractivity contribution in [2.45, 2.75) is 31.8 Å². The standard InChI is InChI=1S/C12H15NO4S/c1-7(14)9-8(10(15)16-2)13-11(18-9)12(17-3)5-4-6-12/h4-6H2,1-3H3. The van der Waals surface area contributed by atoms with Crippen molar-refractivity contribution in [1.29, 1.82) is 0 Å². The van der Waals surface area contributed by atoms with Crippen molar-refractivity contribution in [1.82, 2.24) is 4.98 Å². The summed E-state index contributed by atoms with van der Waals surface area (Å²) in [7, 11) is 2.91. The molecule has 18 heavy (non-hydrogen) atoms. The molecule has 1 aliphatic carbocycles. The summed E-state index contributed by atoms with van der Waals surface area (Å²) in [5, 5.41) is 0.696. The van der Waals surface area contributed by atoms with Gasteiger partial charge in [0.15, 0.2) is 11.5 Å². The lowest BCUT2D eigenvalue weighted by Gasteiger charge is -2.38. The second-order valence-corrected chi connectivity index (χ2v) is 5.30. The minimum absolute atomic E-state index is 0.105. The Balaban J connectivity index is 2.45. The van der Waals surface area contributed by atoms with Gasteiger partial charge in [-0.25, -0.2) is 9.78 Å². The lowest BCUT2D eigenvalue weighted by atomic mass is 9.80. The number of aromatic nitrogens is 1. The van der Waals surface area contributed by atoms with Crippen molar-refractivity contribution >= 4 is 23.1 Å². The van der Waals surface area contributed by atoms with Crippen LogP contribution in [-0.2, 0) is 15.1 Å². The van der Waals surface area contributed by atoms with E-state index in [0.717, 1.165) is 19.3 Å². The molecule has 0 amide bonds. The molecule has 0 aliphatic heterocycles. The molecule has 6 heteroatoms. The number of thiazole rings is 1. The van der Waals surface area contributed by atoms with Crippen LogP contribution in [0.3, 0.4) is 0 Å². The van der Waals surface area contributed by atoms with Crippen LogP contribution in [0.2, 0.25) is 0 Å². The zero-order valence-electron chi connectivity index (χ0n) is 10.6. The molecule has 1 fully saturated rings. The number of Topliss-reactive ketones (excluding diaryl/α,β-unsaturated/α-hetero) is 1. The highest BCUT2D eigenvalue weighted by Gasteiger charge is 2.43. The topological polar surface area (TPSA) is 65.5 Å². The van der Waals surface area contributed by atoms with Crippen LogP contribution in [0.25, 0.3) is 0 Å². The van der Waals surface area contributed by atoms with Gasteiger partial charge in [0.1, 0.15) is 15.5 Å². The Kier molecular flexibility index (Phi) is 3.49. The number of hydrogen-bond acceptors (Lipinski definition) is 6. The van der Waals surface area contributed by atoms with Gasteiger partial charge in [-0.2, -0.15) is 0 Å². The number of nitrogens with zero attached hydrogens (tertiary/aromatic N) is 1. The smallest absolute Gasteiger partial charge is 0.358 e. The fraction of sp³-hybridized carbons (Fsp3) is 0.583. The van der Waals surface area contributed by atoms with E-state index in [9.17, 15) is 9.59 Å². The van der Waals surface area contributed by atoms with Gasteiger partial charge < -0.3 is 9.47 Å². The number of ether oxygens (including phenoxy) is 2.